The van der Waals surface area contributed by atoms with Crippen LogP contribution in [0.3, 0.4) is 0 Å². The van der Waals surface area contributed by atoms with E-state index in [-0.39, 0.29) is 5.41 Å². The first kappa shape index (κ1) is 9.55. The first-order valence-corrected chi connectivity index (χ1v) is 5.44. The van der Waals surface area contributed by atoms with Crippen molar-refractivity contribution < 1.29 is 4.74 Å². The molecule has 0 N–H and O–H groups in total. The van der Waals surface area contributed by atoms with Gasteiger partial charge in [0.25, 0.3) is 0 Å². The molecule has 3 heteroatoms. The van der Waals surface area contributed by atoms with Crippen LogP contribution in [-0.2, 0) is 4.74 Å². The molecule has 66 valence electrons. The summed E-state index contributed by atoms with van der Waals surface area (Å²) in [6.07, 6.45) is 0. The third-order valence-corrected chi connectivity index (χ3v) is 3.73. The van der Waals surface area contributed by atoms with Crippen molar-refractivity contribution in [3.05, 3.63) is 10.8 Å². The van der Waals surface area contributed by atoms with Crippen LogP contribution in [0.15, 0.2) is 10.8 Å². The van der Waals surface area contributed by atoms with E-state index in [2.05, 4.69) is 26.6 Å². The fourth-order valence-corrected chi connectivity index (χ4v) is 3.14. The van der Waals surface area contributed by atoms with Crippen LogP contribution < -0.4 is 0 Å². The van der Waals surface area contributed by atoms with Gasteiger partial charge in [0.05, 0.1) is 6.61 Å². The quantitative estimate of drug-likeness (QED) is 0.616. The topological polar surface area (TPSA) is 33.0 Å². The van der Waals surface area contributed by atoms with Crippen molar-refractivity contribution in [2.24, 2.45) is 5.41 Å². The van der Waals surface area contributed by atoms with Crippen molar-refractivity contribution in [1.29, 1.82) is 5.26 Å². The molecule has 1 rings (SSSR count). The Kier molecular flexibility index (Phi) is 2.44. The second-order valence-corrected chi connectivity index (χ2v) is 5.50. The molecule has 0 aliphatic carbocycles. The minimum absolute atomic E-state index is 0.117. The SMILES string of the molecule is CCOC1=C(C(C)(C)C)P1C#N. The van der Waals surface area contributed by atoms with Crippen LogP contribution in [0, 0.1) is 16.5 Å². The van der Waals surface area contributed by atoms with Gasteiger partial charge in [-0.1, -0.05) is 20.8 Å². The fraction of sp³-hybridized carbons (Fsp3) is 0.667. The molecule has 0 radical (unpaired) electrons. The maximum Gasteiger partial charge on any atom is 0.142 e. The lowest BCUT2D eigenvalue weighted by Crippen LogP contribution is -2.00. The zero-order valence-electron chi connectivity index (χ0n) is 8.01. The van der Waals surface area contributed by atoms with Crippen molar-refractivity contribution in [3.8, 4) is 5.81 Å². The number of allylic oxidation sites excluding steroid dienone is 1. The van der Waals surface area contributed by atoms with Gasteiger partial charge in [-0.3, -0.25) is 0 Å². The van der Waals surface area contributed by atoms with Gasteiger partial charge in [0.1, 0.15) is 19.2 Å². The largest absolute Gasteiger partial charge is 0.492 e. The van der Waals surface area contributed by atoms with E-state index < -0.39 is 7.92 Å². The smallest absolute Gasteiger partial charge is 0.142 e. The molecule has 2 nitrogen and oxygen atoms in total. The molecule has 0 bridgehead atoms. The summed E-state index contributed by atoms with van der Waals surface area (Å²) in [6.45, 7) is 9.01. The molecule has 1 unspecified atom stereocenters. The van der Waals surface area contributed by atoms with E-state index in [1.165, 1.54) is 5.31 Å². The summed E-state index contributed by atoms with van der Waals surface area (Å²) in [7, 11) is -0.652. The normalized spacial score (nSPS) is 22.1. The van der Waals surface area contributed by atoms with Gasteiger partial charge in [0.2, 0.25) is 0 Å². The average molecular weight is 183 g/mol. The summed E-state index contributed by atoms with van der Waals surface area (Å²) in [5.74, 6) is 2.30. The second-order valence-electron chi connectivity index (χ2n) is 3.77. The highest BCUT2D eigenvalue weighted by molar-refractivity contribution is 7.77. The maximum absolute atomic E-state index is 8.79. The minimum atomic E-state index is -0.652. The van der Waals surface area contributed by atoms with Gasteiger partial charge < -0.3 is 4.74 Å². The molecule has 1 atom stereocenters. The number of ether oxygens (including phenoxy) is 1. The fourth-order valence-electron chi connectivity index (χ4n) is 1.17. The van der Waals surface area contributed by atoms with E-state index >= 15 is 0 Å². The molecule has 12 heavy (non-hydrogen) atoms. The van der Waals surface area contributed by atoms with Crippen LogP contribution >= 0.6 is 7.92 Å². The van der Waals surface area contributed by atoms with Crippen molar-refractivity contribution in [3.63, 3.8) is 0 Å². The predicted molar refractivity (Wildman–Crippen MR) is 50.6 cm³/mol. The van der Waals surface area contributed by atoms with E-state index in [0.29, 0.717) is 6.61 Å². The monoisotopic (exact) mass is 183 g/mol. The first-order chi connectivity index (χ1) is 5.52. The molecule has 0 amide bonds. The Morgan fingerprint density at radius 2 is 2.08 bits per heavy atom. The highest BCUT2D eigenvalue weighted by Crippen LogP contribution is 2.74. The number of rotatable bonds is 2. The molecule has 0 aromatic heterocycles. The lowest BCUT2D eigenvalue weighted by molar-refractivity contribution is 0.258. The number of hydrogen-bond acceptors (Lipinski definition) is 2. The molecule has 0 fully saturated rings. The molecular formula is C9H14NOP. The second kappa shape index (κ2) is 3.07. The van der Waals surface area contributed by atoms with Gasteiger partial charge in [-0.15, -0.1) is 0 Å². The number of hydrogen-bond donors (Lipinski definition) is 0. The van der Waals surface area contributed by atoms with Gasteiger partial charge >= 0.3 is 0 Å². The Labute approximate surface area is 75.0 Å². The summed E-state index contributed by atoms with van der Waals surface area (Å²) in [4.78, 5) is 0. The summed E-state index contributed by atoms with van der Waals surface area (Å²) >= 11 is 0. The van der Waals surface area contributed by atoms with Crippen molar-refractivity contribution in [1.82, 2.24) is 0 Å². The molecule has 0 aromatic rings. The highest BCUT2D eigenvalue weighted by Gasteiger charge is 2.46. The van der Waals surface area contributed by atoms with Crippen LogP contribution in [0.25, 0.3) is 0 Å². The van der Waals surface area contributed by atoms with Crippen LogP contribution in [0.4, 0.5) is 0 Å². The van der Waals surface area contributed by atoms with Crippen LogP contribution in [0.1, 0.15) is 27.7 Å². The Balaban J connectivity index is 2.71. The summed E-state index contributed by atoms with van der Waals surface area (Å²) in [5, 5.41) is 10.0. The maximum atomic E-state index is 8.79. The Hall–Kier alpha value is -0.540. The summed E-state index contributed by atoms with van der Waals surface area (Å²) in [6, 6.07) is 0. The van der Waals surface area contributed by atoms with Crippen molar-refractivity contribution in [2.75, 3.05) is 6.61 Å². The van der Waals surface area contributed by atoms with Crippen LogP contribution in [0.5, 0.6) is 0 Å². The molecule has 1 aliphatic heterocycles. The molecule has 0 saturated heterocycles. The number of nitrogens with zero attached hydrogens (tertiary/aromatic N) is 1. The van der Waals surface area contributed by atoms with Gasteiger partial charge in [-0.25, -0.2) is 0 Å². The summed E-state index contributed by atoms with van der Waals surface area (Å²) < 4.78 is 5.38. The Morgan fingerprint density at radius 3 is 2.33 bits per heavy atom. The van der Waals surface area contributed by atoms with Gasteiger partial charge in [0.15, 0.2) is 0 Å². The Morgan fingerprint density at radius 1 is 1.50 bits per heavy atom. The zero-order chi connectivity index (χ0) is 9.35. The third kappa shape index (κ3) is 1.62. The third-order valence-electron chi connectivity index (χ3n) is 1.67. The van der Waals surface area contributed by atoms with E-state index in [4.69, 9.17) is 10.00 Å². The standard InChI is InChI=1S/C9H14NOP/c1-5-11-8-7(9(2,3)4)12(8)6-10/h5H2,1-4H3. The lowest BCUT2D eigenvalue weighted by Gasteiger charge is -2.11. The molecule has 1 aliphatic rings. The van der Waals surface area contributed by atoms with Gasteiger partial charge in [-0.05, 0) is 12.3 Å². The van der Waals surface area contributed by atoms with E-state index in [1.807, 2.05) is 6.92 Å². The van der Waals surface area contributed by atoms with Crippen LogP contribution in [-0.4, -0.2) is 6.61 Å². The van der Waals surface area contributed by atoms with E-state index in [9.17, 15) is 0 Å². The Bertz CT molecular complexity index is 257. The van der Waals surface area contributed by atoms with E-state index in [1.54, 1.807) is 0 Å². The first-order valence-electron chi connectivity index (χ1n) is 4.09. The number of nitriles is 1. The molecule has 0 spiro atoms. The zero-order valence-corrected chi connectivity index (χ0v) is 8.90. The van der Waals surface area contributed by atoms with Gasteiger partial charge in [-0.2, -0.15) is 5.26 Å². The lowest BCUT2D eigenvalue weighted by atomic mass is 9.97. The predicted octanol–water partition coefficient (Wildman–Crippen LogP) is 3.21. The van der Waals surface area contributed by atoms with Crippen molar-refractivity contribution >= 4 is 7.92 Å². The molecular weight excluding hydrogens is 169 g/mol. The van der Waals surface area contributed by atoms with Crippen LogP contribution in [0.2, 0.25) is 0 Å². The van der Waals surface area contributed by atoms with E-state index in [0.717, 1.165) is 5.50 Å². The average Bonchev–Trinajstić information content (AvgIpc) is 2.61. The molecule has 0 saturated carbocycles. The van der Waals surface area contributed by atoms with Gasteiger partial charge in [0, 0.05) is 5.31 Å². The van der Waals surface area contributed by atoms with Crippen molar-refractivity contribution in [2.45, 2.75) is 27.7 Å². The molecule has 1 heterocycles. The molecule has 0 aromatic carbocycles. The minimum Gasteiger partial charge on any atom is -0.492 e. The summed E-state index contributed by atoms with van der Waals surface area (Å²) in [5.41, 5.74) is 1.09. The highest BCUT2D eigenvalue weighted by atomic mass is 31.1.